The molecule has 2 rings (SSSR count). The van der Waals surface area contributed by atoms with Gasteiger partial charge in [-0.2, -0.15) is 0 Å². The van der Waals surface area contributed by atoms with Gasteiger partial charge in [-0.1, -0.05) is 49.4 Å². The van der Waals surface area contributed by atoms with E-state index in [1.54, 1.807) is 42.5 Å². The number of hydrogen-bond acceptors (Lipinski definition) is 4. The van der Waals surface area contributed by atoms with Crippen LogP contribution in [0.1, 0.15) is 26.2 Å². The number of halogens is 2. The summed E-state index contributed by atoms with van der Waals surface area (Å²) in [6.07, 6.45) is 2.11. The van der Waals surface area contributed by atoms with Gasteiger partial charge in [0.25, 0.3) is 0 Å². The number of carbonyl (C=O) groups is 1. The minimum absolute atomic E-state index is 0.421. The largest absolute Gasteiger partial charge is 0.455 e. The molecule has 0 aliphatic rings. The highest BCUT2D eigenvalue weighted by Crippen LogP contribution is 2.30. The number of benzene rings is 2. The molecule has 26 heavy (non-hydrogen) atoms. The first-order chi connectivity index (χ1) is 12.4. The van der Waals surface area contributed by atoms with Crippen molar-refractivity contribution in [3.8, 4) is 11.5 Å². The molecule has 1 unspecified atom stereocenters. The van der Waals surface area contributed by atoms with Gasteiger partial charge < -0.3 is 15.2 Å². The molecule has 140 valence electrons. The van der Waals surface area contributed by atoms with E-state index in [0.29, 0.717) is 33.7 Å². The summed E-state index contributed by atoms with van der Waals surface area (Å²) >= 11 is 16.1. The summed E-state index contributed by atoms with van der Waals surface area (Å²) in [5, 5.41) is 0.958. The van der Waals surface area contributed by atoms with E-state index < -0.39 is 12.3 Å². The van der Waals surface area contributed by atoms with Gasteiger partial charge in [0.1, 0.15) is 11.5 Å². The maximum atomic E-state index is 11.1. The van der Waals surface area contributed by atoms with E-state index in [4.69, 9.17) is 38.4 Å². The fraction of sp³-hybridized carbons (Fsp3) is 0.278. The number of ether oxygens (including phenoxy) is 2. The zero-order chi connectivity index (χ0) is 19.1. The Morgan fingerprint density at radius 2 is 1.88 bits per heavy atom. The van der Waals surface area contributed by atoms with Crippen LogP contribution in [0.2, 0.25) is 10.0 Å². The first-order valence-electron chi connectivity index (χ1n) is 8.07. The molecule has 0 aliphatic carbocycles. The number of carbonyl (C=O) groups excluding carboxylic acids is 1. The van der Waals surface area contributed by atoms with Gasteiger partial charge in [-0.3, -0.25) is 0 Å². The van der Waals surface area contributed by atoms with Crippen LogP contribution in [0.15, 0.2) is 42.5 Å². The Bertz CT molecular complexity index is 744. The van der Waals surface area contributed by atoms with Gasteiger partial charge in [-0.05, 0) is 48.9 Å². The van der Waals surface area contributed by atoms with Crippen LogP contribution < -0.4 is 19.5 Å². The SMILES string of the molecule is CCCCC(Oc1ccc(N(S)C(N)=O)cc1)Oc1ccc(Cl)cc1Cl. The zero-order valence-corrected chi connectivity index (χ0v) is 16.6. The standard InChI is InChI=1S/C18H20Cl2N2O3S/c1-2-3-4-17(25-16-10-5-12(19)11-15(16)20)24-14-8-6-13(7-9-14)22(26)18(21)23/h5-11,17,26H,2-4H2,1H3,(H2,21,23). The van der Waals surface area contributed by atoms with Gasteiger partial charge in [-0.15, -0.1) is 0 Å². The monoisotopic (exact) mass is 414 g/mol. The summed E-state index contributed by atoms with van der Waals surface area (Å²) in [5.41, 5.74) is 5.73. The van der Waals surface area contributed by atoms with Crippen molar-refractivity contribution >= 4 is 47.7 Å². The van der Waals surface area contributed by atoms with Crippen LogP contribution in [0.4, 0.5) is 10.5 Å². The predicted molar refractivity (Wildman–Crippen MR) is 109 cm³/mol. The van der Waals surface area contributed by atoms with Gasteiger partial charge in [0.2, 0.25) is 6.29 Å². The van der Waals surface area contributed by atoms with Crippen molar-refractivity contribution in [3.63, 3.8) is 0 Å². The third-order valence-electron chi connectivity index (χ3n) is 3.50. The van der Waals surface area contributed by atoms with E-state index in [9.17, 15) is 4.79 Å². The predicted octanol–water partition coefficient (Wildman–Crippen LogP) is 5.70. The number of unbranched alkanes of at least 4 members (excludes halogenated alkanes) is 1. The quantitative estimate of drug-likeness (QED) is 0.430. The number of primary amides is 1. The smallest absolute Gasteiger partial charge is 0.329 e. The minimum atomic E-state index is -0.663. The molecule has 0 heterocycles. The Kier molecular flexibility index (Phi) is 7.75. The van der Waals surface area contributed by atoms with Crippen molar-refractivity contribution in [2.75, 3.05) is 4.31 Å². The molecule has 0 bridgehead atoms. The minimum Gasteiger partial charge on any atom is -0.455 e. The number of anilines is 1. The molecule has 0 aliphatic heterocycles. The Balaban J connectivity index is 2.10. The lowest BCUT2D eigenvalue weighted by atomic mass is 10.2. The summed E-state index contributed by atoms with van der Waals surface area (Å²) in [7, 11) is 0. The van der Waals surface area contributed by atoms with E-state index in [-0.39, 0.29) is 0 Å². The number of nitrogens with zero attached hydrogens (tertiary/aromatic N) is 1. The van der Waals surface area contributed by atoms with Crippen LogP contribution in [-0.2, 0) is 0 Å². The first kappa shape index (κ1) is 20.6. The van der Waals surface area contributed by atoms with Gasteiger partial charge in [0.15, 0.2) is 0 Å². The molecular formula is C18H20Cl2N2O3S. The summed E-state index contributed by atoms with van der Waals surface area (Å²) in [4.78, 5) is 11.1. The molecule has 0 fully saturated rings. The van der Waals surface area contributed by atoms with E-state index in [1.807, 2.05) is 0 Å². The highest BCUT2D eigenvalue weighted by Gasteiger charge is 2.15. The molecule has 0 radical (unpaired) electrons. The zero-order valence-electron chi connectivity index (χ0n) is 14.2. The Morgan fingerprint density at radius 3 is 2.46 bits per heavy atom. The molecule has 1 atom stereocenters. The third-order valence-corrected chi connectivity index (χ3v) is 4.46. The van der Waals surface area contributed by atoms with Gasteiger partial charge in [-0.25, -0.2) is 9.10 Å². The van der Waals surface area contributed by atoms with Crippen LogP contribution in [-0.4, -0.2) is 12.3 Å². The van der Waals surface area contributed by atoms with Gasteiger partial charge in [0.05, 0.1) is 10.7 Å². The molecule has 2 amide bonds. The average Bonchev–Trinajstić information content (AvgIpc) is 2.61. The fourth-order valence-electron chi connectivity index (χ4n) is 2.17. The van der Waals surface area contributed by atoms with E-state index >= 15 is 0 Å². The van der Waals surface area contributed by atoms with Crippen LogP contribution in [0.3, 0.4) is 0 Å². The van der Waals surface area contributed by atoms with Crippen molar-refractivity contribution in [2.45, 2.75) is 32.5 Å². The lowest BCUT2D eigenvalue weighted by Crippen LogP contribution is -2.27. The maximum absolute atomic E-state index is 11.1. The van der Waals surface area contributed by atoms with E-state index in [2.05, 4.69) is 19.7 Å². The molecule has 2 aromatic rings. The summed E-state index contributed by atoms with van der Waals surface area (Å²) < 4.78 is 12.9. The lowest BCUT2D eigenvalue weighted by Gasteiger charge is -2.21. The molecule has 0 aromatic heterocycles. The lowest BCUT2D eigenvalue weighted by molar-refractivity contribution is -0.00204. The number of nitrogens with two attached hydrogens (primary N) is 1. The topological polar surface area (TPSA) is 64.8 Å². The molecule has 2 aromatic carbocycles. The number of amides is 2. The third kappa shape index (κ3) is 5.90. The molecule has 0 saturated heterocycles. The Labute approximate surface area is 168 Å². The van der Waals surface area contributed by atoms with E-state index in [1.165, 1.54) is 0 Å². The van der Waals surface area contributed by atoms with Crippen LogP contribution in [0, 0.1) is 0 Å². The van der Waals surface area contributed by atoms with Gasteiger partial charge >= 0.3 is 6.03 Å². The maximum Gasteiger partial charge on any atom is 0.329 e. The van der Waals surface area contributed by atoms with Crippen molar-refractivity contribution in [1.82, 2.24) is 0 Å². The average molecular weight is 415 g/mol. The number of urea groups is 1. The molecular weight excluding hydrogens is 395 g/mol. The fourth-order valence-corrected chi connectivity index (χ4v) is 2.76. The molecule has 5 nitrogen and oxygen atoms in total. The normalized spacial score (nSPS) is 11.7. The van der Waals surface area contributed by atoms with E-state index in [0.717, 1.165) is 17.1 Å². The highest BCUT2D eigenvalue weighted by molar-refractivity contribution is 7.82. The van der Waals surface area contributed by atoms with Crippen LogP contribution >= 0.6 is 36.0 Å². The molecule has 8 heteroatoms. The number of rotatable bonds is 8. The Hall–Kier alpha value is -1.76. The van der Waals surface area contributed by atoms with Crippen molar-refractivity contribution in [2.24, 2.45) is 5.73 Å². The summed E-state index contributed by atoms with van der Waals surface area (Å²) in [6, 6.07) is 11.2. The van der Waals surface area contributed by atoms with Crippen LogP contribution in [0.5, 0.6) is 11.5 Å². The van der Waals surface area contributed by atoms with Gasteiger partial charge in [0, 0.05) is 11.4 Å². The summed E-state index contributed by atoms with van der Waals surface area (Å²) in [5.74, 6) is 1.09. The second-order valence-corrected chi connectivity index (χ2v) is 6.77. The number of thiol groups is 1. The van der Waals surface area contributed by atoms with Crippen molar-refractivity contribution in [3.05, 3.63) is 52.5 Å². The summed E-state index contributed by atoms with van der Waals surface area (Å²) in [6.45, 7) is 2.09. The second kappa shape index (κ2) is 9.80. The first-order valence-corrected chi connectivity index (χ1v) is 9.23. The van der Waals surface area contributed by atoms with Crippen molar-refractivity contribution < 1.29 is 14.3 Å². The van der Waals surface area contributed by atoms with Crippen LogP contribution in [0.25, 0.3) is 0 Å². The second-order valence-electron chi connectivity index (χ2n) is 5.53. The molecule has 2 N–H and O–H groups in total. The highest BCUT2D eigenvalue weighted by atomic mass is 35.5. The number of hydrogen-bond donors (Lipinski definition) is 2. The molecule has 0 saturated carbocycles. The molecule has 0 spiro atoms. The Morgan fingerprint density at radius 1 is 1.19 bits per heavy atom. The van der Waals surface area contributed by atoms with Crippen molar-refractivity contribution in [1.29, 1.82) is 0 Å².